The number of benzene rings is 1. The highest BCUT2D eigenvalue weighted by Gasteiger charge is 2.13. The van der Waals surface area contributed by atoms with E-state index < -0.39 is 21.8 Å². The summed E-state index contributed by atoms with van der Waals surface area (Å²) < 4.78 is 45.4. The van der Waals surface area contributed by atoms with Crippen molar-refractivity contribution in [2.24, 2.45) is 0 Å². The maximum absolute atomic E-state index is 11.1. The van der Waals surface area contributed by atoms with Gasteiger partial charge in [0, 0.05) is 11.6 Å². The number of carbonyl (C=O) groups excluding carboxylic acids is 1. The van der Waals surface area contributed by atoms with Crippen LogP contribution in [0.25, 0.3) is 0 Å². The summed E-state index contributed by atoms with van der Waals surface area (Å²) in [6.07, 6.45) is 0. The molecule has 0 bridgehead atoms. The van der Waals surface area contributed by atoms with Gasteiger partial charge in [0.05, 0.1) is 13.7 Å². The molecule has 0 amide bonds. The summed E-state index contributed by atoms with van der Waals surface area (Å²) in [6, 6.07) is 4.34. The van der Waals surface area contributed by atoms with E-state index in [1.54, 1.807) is 6.92 Å². The molecular formula is C12H16O7S. The number of ether oxygens (including phenoxy) is 3. The van der Waals surface area contributed by atoms with Crippen molar-refractivity contribution in [1.82, 2.24) is 0 Å². The fraction of sp³-hybridized carbons (Fsp3) is 0.417. The van der Waals surface area contributed by atoms with Crippen LogP contribution in [0.15, 0.2) is 18.2 Å². The van der Waals surface area contributed by atoms with Crippen molar-refractivity contribution in [2.45, 2.75) is 12.7 Å². The summed E-state index contributed by atoms with van der Waals surface area (Å²) in [7, 11) is -2.79. The quantitative estimate of drug-likeness (QED) is 0.593. The third kappa shape index (κ3) is 5.45. The molecule has 0 atom stereocenters. The number of rotatable bonds is 7. The van der Waals surface area contributed by atoms with E-state index in [2.05, 4.69) is 0 Å². The Labute approximate surface area is 117 Å². The first-order chi connectivity index (χ1) is 9.35. The minimum absolute atomic E-state index is 0.240. The van der Waals surface area contributed by atoms with Crippen LogP contribution in [0, 0.1) is 0 Å². The topological polar surface area (TPSA) is 99.1 Å². The zero-order valence-electron chi connectivity index (χ0n) is 11.2. The zero-order valence-corrected chi connectivity index (χ0v) is 12.0. The Morgan fingerprint density at radius 3 is 2.60 bits per heavy atom. The molecule has 1 aromatic carbocycles. The molecule has 0 saturated carbocycles. The third-order valence-corrected chi connectivity index (χ3v) is 2.93. The second-order valence-electron chi connectivity index (χ2n) is 3.79. The number of hydrogen-bond acceptors (Lipinski definition) is 6. The van der Waals surface area contributed by atoms with E-state index in [0.29, 0.717) is 11.3 Å². The maximum atomic E-state index is 11.1. The summed E-state index contributed by atoms with van der Waals surface area (Å²) >= 11 is 0. The molecule has 0 aliphatic heterocycles. The molecule has 1 aromatic rings. The molecule has 1 N–H and O–H groups in total. The number of hydrogen-bond donors (Lipinski definition) is 1. The van der Waals surface area contributed by atoms with Gasteiger partial charge in [-0.05, 0) is 13.0 Å². The monoisotopic (exact) mass is 304 g/mol. The van der Waals surface area contributed by atoms with E-state index in [4.69, 9.17) is 18.8 Å². The lowest BCUT2D eigenvalue weighted by Gasteiger charge is -2.10. The Kier molecular flexibility index (Phi) is 5.78. The van der Waals surface area contributed by atoms with Crippen LogP contribution in [-0.4, -0.2) is 39.3 Å². The van der Waals surface area contributed by atoms with Gasteiger partial charge in [-0.3, -0.25) is 4.55 Å². The second kappa shape index (κ2) is 7.11. The van der Waals surface area contributed by atoms with Gasteiger partial charge in [-0.15, -0.1) is 0 Å². The lowest BCUT2D eigenvalue weighted by molar-refractivity contribution is -0.145. The normalized spacial score (nSPS) is 10.9. The van der Waals surface area contributed by atoms with Crippen LogP contribution in [0.1, 0.15) is 12.5 Å². The van der Waals surface area contributed by atoms with Crippen molar-refractivity contribution in [3.63, 3.8) is 0 Å². The van der Waals surface area contributed by atoms with E-state index in [1.165, 1.54) is 25.3 Å². The van der Waals surface area contributed by atoms with Crippen LogP contribution in [0.2, 0.25) is 0 Å². The van der Waals surface area contributed by atoms with Crippen LogP contribution in [0.4, 0.5) is 0 Å². The fourth-order valence-electron chi connectivity index (χ4n) is 1.48. The molecule has 0 spiro atoms. The highest BCUT2D eigenvalue weighted by molar-refractivity contribution is 7.85. The fourth-order valence-corrected chi connectivity index (χ4v) is 2.11. The number of esters is 1. The molecule has 8 heteroatoms. The van der Waals surface area contributed by atoms with Crippen molar-refractivity contribution < 1.29 is 32.0 Å². The Bertz CT molecular complexity index is 565. The summed E-state index contributed by atoms with van der Waals surface area (Å²) in [5.41, 5.74) is 0.290. The van der Waals surface area contributed by atoms with Crippen LogP contribution < -0.4 is 9.47 Å². The first-order valence-electron chi connectivity index (χ1n) is 5.76. The molecule has 0 saturated heterocycles. The molecular weight excluding hydrogens is 288 g/mol. The number of methoxy groups -OCH3 is 1. The van der Waals surface area contributed by atoms with Gasteiger partial charge in [0.25, 0.3) is 10.1 Å². The minimum Gasteiger partial charge on any atom is -0.496 e. The molecule has 0 aliphatic rings. The molecule has 0 aliphatic carbocycles. The van der Waals surface area contributed by atoms with E-state index >= 15 is 0 Å². The van der Waals surface area contributed by atoms with Crippen molar-refractivity contribution in [1.29, 1.82) is 0 Å². The standard InChI is InChI=1S/C12H16O7S/c1-3-18-12(13)7-19-10-5-4-9(8-20(14,15)16)11(6-10)17-2/h4-6H,3,7-8H2,1-2H3,(H,14,15,16). The predicted octanol–water partition coefficient (Wildman–Crippen LogP) is 1.02. The van der Waals surface area contributed by atoms with Gasteiger partial charge >= 0.3 is 5.97 Å². The van der Waals surface area contributed by atoms with Gasteiger partial charge in [-0.1, -0.05) is 6.07 Å². The van der Waals surface area contributed by atoms with E-state index in [1.807, 2.05) is 0 Å². The van der Waals surface area contributed by atoms with Gasteiger partial charge in [0.15, 0.2) is 6.61 Å². The van der Waals surface area contributed by atoms with Gasteiger partial charge in [0.2, 0.25) is 0 Å². The molecule has 0 aromatic heterocycles. The highest BCUT2D eigenvalue weighted by Crippen LogP contribution is 2.26. The molecule has 0 fully saturated rings. The largest absolute Gasteiger partial charge is 0.496 e. The zero-order chi connectivity index (χ0) is 15.2. The first kappa shape index (κ1) is 16.3. The third-order valence-electron chi connectivity index (χ3n) is 2.26. The van der Waals surface area contributed by atoms with Crippen molar-refractivity contribution in [3.8, 4) is 11.5 Å². The van der Waals surface area contributed by atoms with E-state index in [0.717, 1.165) is 0 Å². The highest BCUT2D eigenvalue weighted by atomic mass is 32.2. The molecule has 0 unspecified atom stereocenters. The summed E-state index contributed by atoms with van der Waals surface area (Å²) in [5.74, 6) is -0.500. The molecule has 112 valence electrons. The Balaban J connectivity index is 2.79. The van der Waals surface area contributed by atoms with Crippen molar-refractivity contribution in [2.75, 3.05) is 20.3 Å². The Morgan fingerprint density at radius 1 is 1.35 bits per heavy atom. The molecule has 1 rings (SSSR count). The van der Waals surface area contributed by atoms with E-state index in [-0.39, 0.29) is 19.0 Å². The second-order valence-corrected chi connectivity index (χ2v) is 5.25. The van der Waals surface area contributed by atoms with E-state index in [9.17, 15) is 13.2 Å². The number of carbonyl (C=O) groups is 1. The summed E-state index contributed by atoms with van der Waals surface area (Å²) in [4.78, 5) is 11.1. The average Bonchev–Trinajstić information content (AvgIpc) is 2.36. The summed E-state index contributed by atoms with van der Waals surface area (Å²) in [6.45, 7) is 1.69. The lowest BCUT2D eigenvalue weighted by Crippen LogP contribution is -2.14. The Hall–Kier alpha value is -1.80. The minimum atomic E-state index is -4.15. The Morgan fingerprint density at radius 2 is 2.05 bits per heavy atom. The molecule has 0 radical (unpaired) electrons. The van der Waals surface area contributed by atoms with Gasteiger partial charge in [0.1, 0.15) is 17.3 Å². The molecule has 0 heterocycles. The van der Waals surface area contributed by atoms with Crippen LogP contribution >= 0.6 is 0 Å². The van der Waals surface area contributed by atoms with Crippen LogP contribution in [0.3, 0.4) is 0 Å². The maximum Gasteiger partial charge on any atom is 0.344 e. The lowest BCUT2D eigenvalue weighted by atomic mass is 10.2. The predicted molar refractivity (Wildman–Crippen MR) is 70.4 cm³/mol. The van der Waals surface area contributed by atoms with Crippen molar-refractivity contribution >= 4 is 16.1 Å². The SMILES string of the molecule is CCOC(=O)COc1ccc(CS(=O)(=O)O)c(OC)c1. The average molecular weight is 304 g/mol. The summed E-state index contributed by atoms with van der Waals surface area (Å²) in [5, 5.41) is 0. The van der Waals surface area contributed by atoms with Gasteiger partial charge in [-0.25, -0.2) is 4.79 Å². The molecule has 20 heavy (non-hydrogen) atoms. The molecule has 7 nitrogen and oxygen atoms in total. The van der Waals surface area contributed by atoms with Gasteiger partial charge < -0.3 is 14.2 Å². The smallest absolute Gasteiger partial charge is 0.344 e. The first-order valence-corrected chi connectivity index (χ1v) is 7.37. The van der Waals surface area contributed by atoms with Crippen LogP contribution in [0.5, 0.6) is 11.5 Å². The van der Waals surface area contributed by atoms with Crippen LogP contribution in [-0.2, 0) is 25.4 Å². The van der Waals surface area contributed by atoms with Crippen molar-refractivity contribution in [3.05, 3.63) is 23.8 Å². The van der Waals surface area contributed by atoms with Gasteiger partial charge in [-0.2, -0.15) is 8.42 Å².